The highest BCUT2D eigenvalue weighted by molar-refractivity contribution is 5.66. The van der Waals surface area contributed by atoms with Gasteiger partial charge in [0.2, 0.25) is 0 Å². The van der Waals surface area contributed by atoms with Crippen LogP contribution in [0.2, 0.25) is 0 Å². The van der Waals surface area contributed by atoms with Gasteiger partial charge in [-0.1, -0.05) is 0 Å². The van der Waals surface area contributed by atoms with E-state index in [0.29, 0.717) is 24.3 Å². The van der Waals surface area contributed by atoms with Crippen molar-refractivity contribution in [3.05, 3.63) is 29.1 Å². The Morgan fingerprint density at radius 2 is 2.20 bits per heavy atom. The van der Waals surface area contributed by atoms with Gasteiger partial charge in [-0.3, -0.25) is 9.36 Å². The zero-order chi connectivity index (χ0) is 10.3. The Morgan fingerprint density at radius 1 is 1.40 bits per heavy atom. The summed E-state index contributed by atoms with van der Waals surface area (Å²) in [5.74, 6) is 0. The molecule has 0 radical (unpaired) electrons. The standard InChI is InChI=1S/C9H8N4O2/c14-9-7-8(11-2-1-10-7)12-5-13(9)3-6-4-15-6/h1-2,5-6H,3-4H2/t6-/m1/s1. The van der Waals surface area contributed by atoms with E-state index in [1.165, 1.54) is 23.3 Å². The highest BCUT2D eigenvalue weighted by atomic mass is 16.6. The molecule has 1 atom stereocenters. The number of hydrogen-bond donors (Lipinski definition) is 0. The van der Waals surface area contributed by atoms with Crippen LogP contribution in [-0.4, -0.2) is 32.2 Å². The summed E-state index contributed by atoms with van der Waals surface area (Å²) in [5, 5.41) is 0. The molecule has 6 heteroatoms. The van der Waals surface area contributed by atoms with Crippen LogP contribution in [0.1, 0.15) is 0 Å². The van der Waals surface area contributed by atoms with Gasteiger partial charge in [0.25, 0.3) is 5.56 Å². The molecule has 76 valence electrons. The molecular weight excluding hydrogens is 196 g/mol. The van der Waals surface area contributed by atoms with E-state index in [2.05, 4.69) is 15.0 Å². The van der Waals surface area contributed by atoms with Crippen molar-refractivity contribution in [1.82, 2.24) is 19.5 Å². The largest absolute Gasteiger partial charge is 0.371 e. The highest BCUT2D eigenvalue weighted by Gasteiger charge is 2.23. The van der Waals surface area contributed by atoms with Gasteiger partial charge in [-0.25, -0.2) is 15.0 Å². The Kier molecular flexibility index (Phi) is 1.75. The fraction of sp³-hybridized carbons (Fsp3) is 0.333. The summed E-state index contributed by atoms with van der Waals surface area (Å²) in [6.45, 7) is 1.25. The van der Waals surface area contributed by atoms with Crippen molar-refractivity contribution in [3.63, 3.8) is 0 Å². The molecule has 1 aliphatic heterocycles. The van der Waals surface area contributed by atoms with Crippen molar-refractivity contribution in [3.8, 4) is 0 Å². The van der Waals surface area contributed by atoms with Gasteiger partial charge in [0.1, 0.15) is 6.33 Å². The summed E-state index contributed by atoms with van der Waals surface area (Å²) in [5.41, 5.74) is 0.528. The molecule has 2 aromatic rings. The van der Waals surface area contributed by atoms with E-state index in [1.54, 1.807) is 0 Å². The van der Waals surface area contributed by atoms with Gasteiger partial charge < -0.3 is 4.74 Å². The second kappa shape index (κ2) is 3.09. The van der Waals surface area contributed by atoms with Crippen LogP contribution in [0.15, 0.2) is 23.5 Å². The normalized spacial score (nSPS) is 19.3. The summed E-state index contributed by atoms with van der Waals surface area (Å²) < 4.78 is 6.56. The number of fused-ring (bicyclic) bond motifs is 1. The maximum Gasteiger partial charge on any atom is 0.281 e. The molecule has 1 aliphatic rings. The number of ether oxygens (including phenoxy) is 1. The van der Waals surface area contributed by atoms with E-state index in [-0.39, 0.29) is 11.7 Å². The summed E-state index contributed by atoms with van der Waals surface area (Å²) in [7, 11) is 0. The first kappa shape index (κ1) is 8.49. The maximum atomic E-state index is 11.9. The lowest BCUT2D eigenvalue weighted by Gasteiger charge is -2.02. The Balaban J connectivity index is 2.15. The molecule has 15 heavy (non-hydrogen) atoms. The molecule has 0 N–H and O–H groups in total. The van der Waals surface area contributed by atoms with E-state index >= 15 is 0 Å². The molecule has 0 spiro atoms. The van der Waals surface area contributed by atoms with Crippen LogP contribution in [0, 0.1) is 0 Å². The third kappa shape index (κ3) is 1.48. The number of hydrogen-bond acceptors (Lipinski definition) is 5. The van der Waals surface area contributed by atoms with E-state index in [4.69, 9.17) is 4.74 Å². The van der Waals surface area contributed by atoms with Crippen LogP contribution >= 0.6 is 0 Å². The molecule has 3 rings (SSSR count). The average molecular weight is 204 g/mol. The summed E-state index contributed by atoms with van der Waals surface area (Å²) in [6, 6.07) is 0. The molecule has 0 aromatic carbocycles. The fourth-order valence-electron chi connectivity index (χ4n) is 1.41. The van der Waals surface area contributed by atoms with Crippen LogP contribution in [0.25, 0.3) is 11.2 Å². The smallest absolute Gasteiger partial charge is 0.281 e. The lowest BCUT2D eigenvalue weighted by atomic mass is 10.4. The fourth-order valence-corrected chi connectivity index (χ4v) is 1.41. The van der Waals surface area contributed by atoms with E-state index in [1.807, 2.05) is 0 Å². The molecule has 0 saturated carbocycles. The van der Waals surface area contributed by atoms with Gasteiger partial charge in [0.15, 0.2) is 11.2 Å². The minimum atomic E-state index is -0.163. The van der Waals surface area contributed by atoms with Crippen molar-refractivity contribution < 1.29 is 4.74 Å². The van der Waals surface area contributed by atoms with Crippen LogP contribution in [0.3, 0.4) is 0 Å². The van der Waals surface area contributed by atoms with E-state index in [0.717, 1.165) is 0 Å². The number of nitrogens with zero attached hydrogens (tertiary/aromatic N) is 4. The topological polar surface area (TPSA) is 73.2 Å². The first-order valence-corrected chi connectivity index (χ1v) is 4.62. The molecule has 0 bridgehead atoms. The lowest BCUT2D eigenvalue weighted by molar-refractivity contribution is 0.379. The second-order valence-electron chi connectivity index (χ2n) is 3.39. The molecule has 1 saturated heterocycles. The van der Waals surface area contributed by atoms with Gasteiger partial charge in [-0.15, -0.1) is 0 Å². The summed E-state index contributed by atoms with van der Waals surface area (Å²) in [4.78, 5) is 23.8. The lowest BCUT2D eigenvalue weighted by Crippen LogP contribution is -2.23. The Labute approximate surface area is 84.6 Å². The second-order valence-corrected chi connectivity index (χ2v) is 3.39. The van der Waals surface area contributed by atoms with Crippen LogP contribution in [0.4, 0.5) is 0 Å². The third-order valence-corrected chi connectivity index (χ3v) is 2.26. The van der Waals surface area contributed by atoms with Gasteiger partial charge in [0.05, 0.1) is 19.3 Å². The molecule has 1 fully saturated rings. The molecular formula is C9H8N4O2. The van der Waals surface area contributed by atoms with E-state index < -0.39 is 0 Å². The summed E-state index contributed by atoms with van der Waals surface area (Å²) >= 11 is 0. The van der Waals surface area contributed by atoms with Gasteiger partial charge in [-0.2, -0.15) is 0 Å². The van der Waals surface area contributed by atoms with Crippen molar-refractivity contribution in [2.75, 3.05) is 6.61 Å². The number of aromatic nitrogens is 4. The summed E-state index contributed by atoms with van der Waals surface area (Å²) in [6.07, 6.45) is 4.65. The van der Waals surface area contributed by atoms with E-state index in [9.17, 15) is 4.79 Å². The number of epoxide rings is 1. The van der Waals surface area contributed by atoms with Gasteiger partial charge in [-0.05, 0) is 0 Å². The van der Waals surface area contributed by atoms with Crippen molar-refractivity contribution in [1.29, 1.82) is 0 Å². The van der Waals surface area contributed by atoms with Crippen LogP contribution < -0.4 is 5.56 Å². The Bertz CT molecular complexity index is 561. The maximum absolute atomic E-state index is 11.9. The molecule has 3 heterocycles. The predicted molar refractivity (Wildman–Crippen MR) is 51.3 cm³/mol. The molecule has 0 amide bonds. The Morgan fingerprint density at radius 3 is 3.00 bits per heavy atom. The van der Waals surface area contributed by atoms with Gasteiger partial charge >= 0.3 is 0 Å². The van der Waals surface area contributed by atoms with Crippen molar-refractivity contribution >= 4 is 11.2 Å². The quantitative estimate of drug-likeness (QED) is 0.621. The molecule has 0 unspecified atom stereocenters. The molecule has 2 aromatic heterocycles. The van der Waals surface area contributed by atoms with Crippen molar-refractivity contribution in [2.24, 2.45) is 0 Å². The first-order valence-electron chi connectivity index (χ1n) is 4.62. The molecule has 6 nitrogen and oxygen atoms in total. The zero-order valence-electron chi connectivity index (χ0n) is 7.83. The minimum Gasteiger partial charge on any atom is -0.371 e. The third-order valence-electron chi connectivity index (χ3n) is 2.26. The minimum absolute atomic E-state index is 0.152. The predicted octanol–water partition coefficient (Wildman–Crippen LogP) is -0.415. The average Bonchev–Trinajstić information content (AvgIpc) is 3.07. The monoisotopic (exact) mass is 204 g/mol. The highest BCUT2D eigenvalue weighted by Crippen LogP contribution is 2.10. The zero-order valence-corrected chi connectivity index (χ0v) is 7.83. The van der Waals surface area contributed by atoms with Crippen molar-refractivity contribution in [2.45, 2.75) is 12.6 Å². The van der Waals surface area contributed by atoms with Crippen LogP contribution in [0.5, 0.6) is 0 Å². The SMILES string of the molecule is O=c1c2nccnc2ncn1C[C@@H]1CO1. The Hall–Kier alpha value is -1.82. The van der Waals surface area contributed by atoms with Gasteiger partial charge in [0, 0.05) is 12.4 Å². The van der Waals surface area contributed by atoms with Crippen LogP contribution in [-0.2, 0) is 11.3 Å². The number of rotatable bonds is 2. The molecule has 0 aliphatic carbocycles. The first-order chi connectivity index (χ1) is 7.34.